The molecule has 1 rings (SSSR count). The quantitative estimate of drug-likeness (QED) is 0.574. The molecule has 3 heteroatoms. The van der Waals surface area contributed by atoms with Crippen LogP contribution in [-0.2, 0) is 0 Å². The van der Waals surface area contributed by atoms with E-state index in [0.717, 1.165) is 0 Å². The second-order valence-electron chi connectivity index (χ2n) is 3.73. The number of terminal acetylenes is 1. The Morgan fingerprint density at radius 1 is 1.56 bits per heavy atom. The minimum atomic E-state index is -0.372. The lowest BCUT2D eigenvalue weighted by Gasteiger charge is -2.20. The highest BCUT2D eigenvalue weighted by Crippen LogP contribution is 2.23. The van der Waals surface area contributed by atoms with Crippen molar-refractivity contribution in [3.05, 3.63) is 29.1 Å². The number of nitrogens with zero attached hydrogens (tertiary/aromatic N) is 1. The smallest absolute Gasteiger partial charge is 0.161 e. The Hall–Kier alpha value is -1.82. The average Bonchev–Trinajstić information content (AvgIpc) is 2.21. The molecule has 0 aliphatic carbocycles. The molecule has 0 bridgehead atoms. The monoisotopic (exact) mass is 219 g/mol. The van der Waals surface area contributed by atoms with Crippen molar-refractivity contribution in [1.82, 2.24) is 0 Å². The number of anilines is 1. The molecule has 2 nitrogen and oxygen atoms in total. The van der Waals surface area contributed by atoms with Gasteiger partial charge >= 0.3 is 0 Å². The maximum Gasteiger partial charge on any atom is 0.161 e. The molecule has 0 aromatic heterocycles. The first-order valence-corrected chi connectivity index (χ1v) is 4.93. The molecular formula is C13H14FNO. The Labute approximate surface area is 95.1 Å². The number of benzene rings is 1. The summed E-state index contributed by atoms with van der Waals surface area (Å²) in [4.78, 5) is 13.1. The molecule has 0 saturated heterocycles. The molecule has 0 atom stereocenters. The summed E-state index contributed by atoms with van der Waals surface area (Å²) in [5.74, 6) is 1.95. The lowest BCUT2D eigenvalue weighted by Crippen LogP contribution is -2.20. The summed E-state index contributed by atoms with van der Waals surface area (Å²) in [6, 6.07) is 2.91. The number of ketones is 1. The molecule has 84 valence electrons. The minimum Gasteiger partial charge on any atom is -0.363 e. The highest BCUT2D eigenvalue weighted by Gasteiger charge is 2.13. The Morgan fingerprint density at radius 2 is 2.19 bits per heavy atom. The Morgan fingerprint density at radius 3 is 2.69 bits per heavy atom. The first-order chi connectivity index (χ1) is 7.47. The van der Waals surface area contributed by atoms with Crippen LogP contribution >= 0.6 is 0 Å². The van der Waals surface area contributed by atoms with Crippen LogP contribution in [0.25, 0.3) is 0 Å². The molecule has 0 saturated carbocycles. The zero-order valence-electron chi connectivity index (χ0n) is 9.67. The zero-order valence-corrected chi connectivity index (χ0v) is 9.67. The van der Waals surface area contributed by atoms with Gasteiger partial charge in [0.25, 0.3) is 0 Å². The molecule has 1 aromatic carbocycles. The van der Waals surface area contributed by atoms with E-state index in [4.69, 9.17) is 6.42 Å². The number of carbonyl (C=O) groups excluding carboxylic acids is 1. The van der Waals surface area contributed by atoms with Crippen molar-refractivity contribution in [3.8, 4) is 12.3 Å². The van der Waals surface area contributed by atoms with Crippen molar-refractivity contribution in [2.45, 2.75) is 13.8 Å². The fourth-order valence-electron chi connectivity index (χ4n) is 1.49. The van der Waals surface area contributed by atoms with Gasteiger partial charge in [0.2, 0.25) is 0 Å². The maximum absolute atomic E-state index is 13.4. The van der Waals surface area contributed by atoms with Gasteiger partial charge in [0.1, 0.15) is 5.82 Å². The third-order valence-electron chi connectivity index (χ3n) is 2.40. The van der Waals surface area contributed by atoms with Crippen molar-refractivity contribution in [3.63, 3.8) is 0 Å². The largest absolute Gasteiger partial charge is 0.363 e. The van der Waals surface area contributed by atoms with Gasteiger partial charge in [0, 0.05) is 18.3 Å². The Bertz CT molecular complexity index is 460. The summed E-state index contributed by atoms with van der Waals surface area (Å²) in [6.07, 6.45) is 5.21. The number of hydrogen-bond donors (Lipinski definition) is 0. The van der Waals surface area contributed by atoms with Gasteiger partial charge in [-0.05, 0) is 31.5 Å². The van der Waals surface area contributed by atoms with E-state index >= 15 is 0 Å². The van der Waals surface area contributed by atoms with Gasteiger partial charge in [-0.2, -0.15) is 0 Å². The van der Waals surface area contributed by atoms with E-state index in [1.165, 1.54) is 13.0 Å². The zero-order chi connectivity index (χ0) is 12.3. The SMILES string of the molecule is C#CCN(C)c1cc(C)c(F)cc1C(C)=O. The molecule has 0 fully saturated rings. The first kappa shape index (κ1) is 12.3. The first-order valence-electron chi connectivity index (χ1n) is 4.93. The minimum absolute atomic E-state index is 0.169. The van der Waals surface area contributed by atoms with E-state index in [-0.39, 0.29) is 11.6 Å². The van der Waals surface area contributed by atoms with Gasteiger partial charge in [0.15, 0.2) is 5.78 Å². The van der Waals surface area contributed by atoms with Crippen LogP contribution in [-0.4, -0.2) is 19.4 Å². The number of aryl methyl sites for hydroxylation is 1. The molecule has 0 spiro atoms. The summed E-state index contributed by atoms with van der Waals surface area (Å²) in [5, 5.41) is 0. The van der Waals surface area contributed by atoms with E-state index in [0.29, 0.717) is 23.4 Å². The topological polar surface area (TPSA) is 20.3 Å². The fourth-order valence-corrected chi connectivity index (χ4v) is 1.49. The van der Waals surface area contributed by atoms with Gasteiger partial charge in [-0.1, -0.05) is 5.92 Å². The average molecular weight is 219 g/mol. The lowest BCUT2D eigenvalue weighted by atomic mass is 10.1. The molecule has 16 heavy (non-hydrogen) atoms. The summed E-state index contributed by atoms with van der Waals surface area (Å²) in [7, 11) is 1.78. The van der Waals surface area contributed by atoms with Crippen molar-refractivity contribution in [2.75, 3.05) is 18.5 Å². The van der Waals surface area contributed by atoms with Gasteiger partial charge < -0.3 is 4.90 Å². The van der Waals surface area contributed by atoms with Crippen LogP contribution in [0, 0.1) is 25.1 Å². The fraction of sp³-hybridized carbons (Fsp3) is 0.308. The second kappa shape index (κ2) is 4.80. The molecular weight excluding hydrogens is 205 g/mol. The van der Waals surface area contributed by atoms with Crippen molar-refractivity contribution in [2.24, 2.45) is 0 Å². The number of rotatable bonds is 3. The van der Waals surface area contributed by atoms with Gasteiger partial charge in [-0.25, -0.2) is 4.39 Å². The van der Waals surface area contributed by atoms with Crippen molar-refractivity contribution < 1.29 is 9.18 Å². The molecule has 1 aromatic rings. The summed E-state index contributed by atoms with van der Waals surface area (Å²) < 4.78 is 13.4. The summed E-state index contributed by atoms with van der Waals surface area (Å²) >= 11 is 0. The number of halogens is 1. The molecule has 0 aliphatic rings. The van der Waals surface area contributed by atoms with Gasteiger partial charge in [-0.15, -0.1) is 6.42 Å². The van der Waals surface area contributed by atoms with Crippen LogP contribution in [0.5, 0.6) is 0 Å². The van der Waals surface area contributed by atoms with Crippen LogP contribution in [0.1, 0.15) is 22.8 Å². The van der Waals surface area contributed by atoms with Gasteiger partial charge in [-0.3, -0.25) is 4.79 Å². The van der Waals surface area contributed by atoms with E-state index in [9.17, 15) is 9.18 Å². The Kier molecular flexibility index (Phi) is 3.68. The maximum atomic E-state index is 13.4. The van der Waals surface area contributed by atoms with E-state index in [2.05, 4.69) is 5.92 Å². The molecule has 0 unspecified atom stereocenters. The van der Waals surface area contributed by atoms with Crippen LogP contribution < -0.4 is 4.90 Å². The van der Waals surface area contributed by atoms with Crippen LogP contribution in [0.3, 0.4) is 0 Å². The Balaban J connectivity index is 3.31. The number of carbonyl (C=O) groups is 1. The molecule has 0 heterocycles. The van der Waals surface area contributed by atoms with Gasteiger partial charge in [0.05, 0.1) is 6.54 Å². The lowest BCUT2D eigenvalue weighted by molar-refractivity contribution is 0.101. The predicted molar refractivity (Wildman–Crippen MR) is 63.2 cm³/mol. The highest BCUT2D eigenvalue weighted by atomic mass is 19.1. The molecule has 0 radical (unpaired) electrons. The standard InChI is InChI=1S/C13H14FNO/c1-5-6-15(4)13-7-9(2)12(14)8-11(13)10(3)16/h1,7-8H,6H2,2-4H3. The third kappa shape index (κ3) is 2.40. The van der Waals surface area contributed by atoms with E-state index in [1.54, 1.807) is 24.9 Å². The number of hydrogen-bond acceptors (Lipinski definition) is 2. The molecule has 0 N–H and O–H groups in total. The molecule has 0 aliphatic heterocycles. The van der Waals surface area contributed by atoms with Crippen molar-refractivity contribution >= 4 is 11.5 Å². The van der Waals surface area contributed by atoms with E-state index < -0.39 is 0 Å². The van der Waals surface area contributed by atoms with Crippen LogP contribution in [0.2, 0.25) is 0 Å². The van der Waals surface area contributed by atoms with Crippen molar-refractivity contribution in [1.29, 1.82) is 0 Å². The third-order valence-corrected chi connectivity index (χ3v) is 2.40. The number of Topliss-reactive ketones (excluding diaryl/α,β-unsaturated/α-hetero) is 1. The predicted octanol–water partition coefficient (Wildman–Crippen LogP) is 2.41. The second-order valence-corrected chi connectivity index (χ2v) is 3.73. The highest BCUT2D eigenvalue weighted by molar-refractivity contribution is 5.99. The van der Waals surface area contributed by atoms with Crippen LogP contribution in [0.15, 0.2) is 12.1 Å². The van der Waals surface area contributed by atoms with E-state index in [1.807, 2.05) is 0 Å². The van der Waals surface area contributed by atoms with Crippen LogP contribution in [0.4, 0.5) is 10.1 Å². The normalized spacial score (nSPS) is 9.69. The summed E-state index contributed by atoms with van der Waals surface area (Å²) in [5.41, 5.74) is 1.54. The summed E-state index contributed by atoms with van der Waals surface area (Å²) in [6.45, 7) is 3.45. The molecule has 0 amide bonds.